The lowest BCUT2D eigenvalue weighted by molar-refractivity contribution is 0.104. The number of ketones is 1. The van der Waals surface area contributed by atoms with E-state index in [9.17, 15) is 4.79 Å². The molecule has 25 heavy (non-hydrogen) atoms. The van der Waals surface area contributed by atoms with E-state index in [1.54, 1.807) is 18.2 Å². The Morgan fingerprint density at radius 3 is 2.24 bits per heavy atom. The molecule has 0 radical (unpaired) electrons. The predicted molar refractivity (Wildman–Crippen MR) is 106 cm³/mol. The normalized spacial score (nSPS) is 10.3. The zero-order valence-electron chi connectivity index (χ0n) is 13.4. The largest absolute Gasteiger partial charge is 0.289 e. The summed E-state index contributed by atoms with van der Waals surface area (Å²) in [6.45, 7) is 0. The Hall–Kier alpha value is -2.89. The van der Waals surface area contributed by atoms with E-state index in [0.717, 1.165) is 21.2 Å². The number of hydrogen-bond donors (Lipinski definition) is 0. The van der Waals surface area contributed by atoms with E-state index < -0.39 is 0 Å². The Balaban J connectivity index is 1.82. The van der Waals surface area contributed by atoms with Crippen molar-refractivity contribution < 1.29 is 4.79 Å². The summed E-state index contributed by atoms with van der Waals surface area (Å²) in [6, 6.07) is 25.0. The molecule has 3 aromatic carbocycles. The molecule has 3 rings (SSSR count). The van der Waals surface area contributed by atoms with Crippen LogP contribution in [0.1, 0.15) is 27.0 Å². The molecule has 0 amide bonds. The Morgan fingerprint density at radius 1 is 0.800 bits per heavy atom. The van der Waals surface area contributed by atoms with Crippen LogP contribution in [0, 0.1) is 11.8 Å². The van der Waals surface area contributed by atoms with Crippen molar-refractivity contribution in [1.29, 1.82) is 0 Å². The molecule has 1 nitrogen and oxygen atoms in total. The average Bonchev–Trinajstić information content (AvgIpc) is 2.66. The molecule has 0 atom stereocenters. The molecule has 3 aromatic rings. The van der Waals surface area contributed by atoms with Crippen molar-refractivity contribution in [1.82, 2.24) is 0 Å². The van der Waals surface area contributed by atoms with Crippen LogP contribution in [0.5, 0.6) is 0 Å². The van der Waals surface area contributed by atoms with Gasteiger partial charge < -0.3 is 0 Å². The summed E-state index contributed by atoms with van der Waals surface area (Å²) in [5.41, 5.74) is 3.45. The number of carbonyl (C=O) groups excluding carboxylic acids is 1. The van der Waals surface area contributed by atoms with Crippen LogP contribution in [0.3, 0.4) is 0 Å². The molecule has 0 N–H and O–H groups in total. The number of allylic oxidation sites excluding steroid dienone is 1. The maximum Gasteiger partial charge on any atom is 0.185 e. The lowest BCUT2D eigenvalue weighted by atomic mass is 10.0. The van der Waals surface area contributed by atoms with Gasteiger partial charge >= 0.3 is 0 Å². The fraction of sp³-hybridized carbons (Fsp3) is 0. The summed E-state index contributed by atoms with van der Waals surface area (Å²) in [5, 5.41) is 0. The van der Waals surface area contributed by atoms with Crippen LogP contribution in [-0.2, 0) is 0 Å². The monoisotopic (exact) mass is 386 g/mol. The van der Waals surface area contributed by atoms with Crippen molar-refractivity contribution in [3.8, 4) is 11.8 Å². The molecule has 0 saturated heterocycles. The van der Waals surface area contributed by atoms with Crippen LogP contribution in [0.4, 0.5) is 0 Å². The van der Waals surface area contributed by atoms with Gasteiger partial charge in [0.05, 0.1) is 0 Å². The van der Waals surface area contributed by atoms with Gasteiger partial charge in [0.15, 0.2) is 5.78 Å². The Labute approximate surface area is 156 Å². The summed E-state index contributed by atoms with van der Waals surface area (Å²) < 4.78 is 0.953. The molecule has 0 aliphatic carbocycles. The highest BCUT2D eigenvalue weighted by Gasteiger charge is 2.02. The smallest absolute Gasteiger partial charge is 0.185 e. The van der Waals surface area contributed by atoms with Gasteiger partial charge in [-0.2, -0.15) is 0 Å². The maximum atomic E-state index is 12.3. The number of halogens is 1. The highest BCUT2D eigenvalue weighted by atomic mass is 79.9. The third-order valence-corrected chi connectivity index (χ3v) is 4.15. The summed E-state index contributed by atoms with van der Waals surface area (Å²) in [5.74, 6) is 6.31. The predicted octanol–water partition coefficient (Wildman–Crippen LogP) is 5.75. The molecular weight excluding hydrogens is 372 g/mol. The van der Waals surface area contributed by atoms with Gasteiger partial charge in [-0.15, -0.1) is 0 Å². The third-order valence-electron chi connectivity index (χ3n) is 3.62. The minimum absolute atomic E-state index is 0.0293. The number of carbonyl (C=O) groups is 1. The lowest BCUT2D eigenvalue weighted by Gasteiger charge is -1.99. The molecule has 0 spiro atoms. The average molecular weight is 387 g/mol. The molecule has 0 heterocycles. The van der Waals surface area contributed by atoms with E-state index in [-0.39, 0.29) is 5.78 Å². The van der Waals surface area contributed by atoms with Crippen molar-refractivity contribution in [3.05, 3.63) is 112 Å². The van der Waals surface area contributed by atoms with Crippen LogP contribution in [0.2, 0.25) is 0 Å². The van der Waals surface area contributed by atoms with E-state index in [1.807, 2.05) is 72.8 Å². The van der Waals surface area contributed by atoms with Gasteiger partial charge in [0.2, 0.25) is 0 Å². The van der Waals surface area contributed by atoms with Gasteiger partial charge in [-0.05, 0) is 60.2 Å². The van der Waals surface area contributed by atoms with Crippen molar-refractivity contribution in [2.45, 2.75) is 0 Å². The summed E-state index contributed by atoms with van der Waals surface area (Å²) >= 11 is 3.37. The molecule has 120 valence electrons. The van der Waals surface area contributed by atoms with Crippen LogP contribution in [0.15, 0.2) is 89.4 Å². The van der Waals surface area contributed by atoms with E-state index in [4.69, 9.17) is 0 Å². The minimum Gasteiger partial charge on any atom is -0.289 e. The van der Waals surface area contributed by atoms with Crippen LogP contribution < -0.4 is 0 Å². The zero-order valence-corrected chi connectivity index (χ0v) is 15.0. The van der Waals surface area contributed by atoms with Crippen molar-refractivity contribution in [3.63, 3.8) is 0 Å². The van der Waals surface area contributed by atoms with E-state index >= 15 is 0 Å². The molecule has 0 bridgehead atoms. The van der Waals surface area contributed by atoms with E-state index in [2.05, 4.69) is 27.8 Å². The van der Waals surface area contributed by atoms with E-state index in [0.29, 0.717) is 5.56 Å². The van der Waals surface area contributed by atoms with Crippen LogP contribution in [0.25, 0.3) is 6.08 Å². The Kier molecular flexibility index (Phi) is 5.61. The standard InChI is InChI=1S/C23H15BrO/c24-22-15-12-21(13-16-22)23(25)17-14-20-9-5-4-8-19(20)11-10-18-6-2-1-3-7-18/h1-9,12-17H/b17-14+. The molecule has 0 unspecified atom stereocenters. The second-order valence-electron chi connectivity index (χ2n) is 5.41. The third kappa shape index (κ3) is 4.79. The van der Waals surface area contributed by atoms with Crippen LogP contribution in [-0.4, -0.2) is 5.78 Å². The number of benzene rings is 3. The highest BCUT2D eigenvalue weighted by molar-refractivity contribution is 9.10. The fourth-order valence-corrected chi connectivity index (χ4v) is 2.56. The zero-order chi connectivity index (χ0) is 17.5. The highest BCUT2D eigenvalue weighted by Crippen LogP contribution is 2.13. The molecule has 0 saturated carbocycles. The number of rotatable bonds is 3. The van der Waals surface area contributed by atoms with Gasteiger partial charge in [0.25, 0.3) is 0 Å². The van der Waals surface area contributed by atoms with Gasteiger partial charge in [-0.1, -0.05) is 64.2 Å². The van der Waals surface area contributed by atoms with Gasteiger partial charge in [-0.25, -0.2) is 0 Å². The first-order valence-corrected chi connectivity index (χ1v) is 8.66. The molecular formula is C23H15BrO. The first-order chi connectivity index (χ1) is 12.2. The summed E-state index contributed by atoms with van der Waals surface area (Å²) in [4.78, 5) is 12.3. The first-order valence-electron chi connectivity index (χ1n) is 7.86. The molecule has 0 aliphatic rings. The van der Waals surface area contributed by atoms with Crippen molar-refractivity contribution in [2.75, 3.05) is 0 Å². The fourth-order valence-electron chi connectivity index (χ4n) is 2.29. The summed E-state index contributed by atoms with van der Waals surface area (Å²) in [7, 11) is 0. The van der Waals surface area contributed by atoms with Gasteiger partial charge in [-0.3, -0.25) is 4.79 Å². The Bertz CT molecular complexity index is 958. The molecule has 0 fully saturated rings. The molecule has 0 aliphatic heterocycles. The lowest BCUT2D eigenvalue weighted by Crippen LogP contribution is -1.93. The van der Waals surface area contributed by atoms with Gasteiger partial charge in [0, 0.05) is 21.2 Å². The van der Waals surface area contributed by atoms with Crippen molar-refractivity contribution >= 4 is 27.8 Å². The van der Waals surface area contributed by atoms with Crippen LogP contribution >= 0.6 is 15.9 Å². The summed E-state index contributed by atoms with van der Waals surface area (Å²) in [6.07, 6.45) is 3.41. The topological polar surface area (TPSA) is 17.1 Å². The van der Waals surface area contributed by atoms with Gasteiger partial charge in [0.1, 0.15) is 0 Å². The number of hydrogen-bond acceptors (Lipinski definition) is 1. The second-order valence-corrected chi connectivity index (χ2v) is 6.32. The Morgan fingerprint density at radius 2 is 1.48 bits per heavy atom. The van der Waals surface area contributed by atoms with E-state index in [1.165, 1.54) is 0 Å². The minimum atomic E-state index is -0.0293. The first kappa shape index (κ1) is 17.0. The molecule has 2 heteroatoms. The second kappa shape index (κ2) is 8.28. The maximum absolute atomic E-state index is 12.3. The van der Waals surface area contributed by atoms with Crippen molar-refractivity contribution in [2.24, 2.45) is 0 Å². The quantitative estimate of drug-likeness (QED) is 0.318. The SMILES string of the molecule is O=C(/C=C/c1ccccc1C#Cc1ccccc1)c1ccc(Br)cc1. The molecule has 0 aromatic heterocycles.